The number of hydrogen-bond donors (Lipinski definition) is 0. The van der Waals surface area contributed by atoms with Crippen molar-refractivity contribution in [3.05, 3.63) is 54.1 Å². The van der Waals surface area contributed by atoms with Crippen LogP contribution in [0.5, 0.6) is 0 Å². The Morgan fingerprint density at radius 2 is 1.17 bits per heavy atom. The molecule has 0 atom stereocenters. The van der Waals surface area contributed by atoms with Gasteiger partial charge < -0.3 is 30.3 Å². The second kappa shape index (κ2) is 14.9. The van der Waals surface area contributed by atoms with Crippen molar-refractivity contribution in [3.8, 4) is 0 Å². The molecule has 0 radical (unpaired) electrons. The summed E-state index contributed by atoms with van der Waals surface area (Å²) in [5.41, 5.74) is 3.79. The summed E-state index contributed by atoms with van der Waals surface area (Å²) in [6, 6.07) is 17.5. The normalized spacial score (nSPS) is 18.3. The zero-order valence-corrected chi connectivity index (χ0v) is 26.4. The Morgan fingerprint density at radius 1 is 0.743 bits per heavy atom. The Balaban J connectivity index is 0.000000640. The number of rotatable bonds is 6. The summed E-state index contributed by atoms with van der Waals surface area (Å²) in [6.45, 7) is 14.9. The first-order chi connectivity index (χ1) is 16.2. The molecule has 0 aromatic heterocycles. The molecule has 0 unspecified atom stereocenters. The molecule has 4 rings (SSSR count). The molecule has 0 spiro atoms. The minimum Gasteiger partial charge on any atom is -0.748 e. The van der Waals surface area contributed by atoms with Gasteiger partial charge in [-0.1, -0.05) is 102 Å². The van der Waals surface area contributed by atoms with E-state index in [2.05, 4.69) is 59.7 Å². The van der Waals surface area contributed by atoms with Crippen LogP contribution < -0.4 is 5.30 Å². The molecular formula is C32H52FeP2-6. The van der Waals surface area contributed by atoms with Gasteiger partial charge in [-0.2, -0.15) is 6.07 Å². The molecule has 35 heavy (non-hydrogen) atoms. The summed E-state index contributed by atoms with van der Waals surface area (Å²) in [7, 11) is 0.0434. The van der Waals surface area contributed by atoms with Crippen LogP contribution in [0.3, 0.4) is 0 Å². The molecule has 2 fully saturated rings. The van der Waals surface area contributed by atoms with E-state index in [1.807, 2.05) is 35.6 Å². The van der Waals surface area contributed by atoms with Gasteiger partial charge >= 0.3 is 0 Å². The van der Waals surface area contributed by atoms with Crippen molar-refractivity contribution in [1.82, 2.24) is 0 Å². The van der Waals surface area contributed by atoms with E-state index in [9.17, 15) is 0 Å². The molecule has 0 saturated heterocycles. The van der Waals surface area contributed by atoms with Crippen LogP contribution in [0.15, 0.2) is 48.5 Å². The minimum atomic E-state index is -0.000952. The van der Waals surface area contributed by atoms with E-state index in [1.165, 1.54) is 76.8 Å². The van der Waals surface area contributed by atoms with E-state index in [1.54, 1.807) is 5.56 Å². The molecule has 2 aromatic rings. The molecule has 0 bridgehead atoms. The van der Waals surface area contributed by atoms with E-state index in [0.29, 0.717) is 10.3 Å². The van der Waals surface area contributed by atoms with Crippen LogP contribution in [0.2, 0.25) is 0 Å². The van der Waals surface area contributed by atoms with Crippen molar-refractivity contribution in [2.75, 3.05) is 6.16 Å². The standard InChI is InChI=1S/C27H47P2.C5H5.Fe/c1-26(2,3)28(27(4,5)6)21-20-22-14-13-19-25(22)29(23-15-9-7-10-16-23)24-17-11-8-12-18-24;1-2-4-5-3-1;/h13-14,19,23-24H,7-12,15-18,20-21H2,1-6H3;1-5H;/q-1;-5;. The van der Waals surface area contributed by atoms with Gasteiger partial charge in [-0.05, 0) is 53.5 Å². The Kier molecular flexibility index (Phi) is 13.3. The van der Waals surface area contributed by atoms with Crippen molar-refractivity contribution in [3.63, 3.8) is 0 Å². The zero-order chi connectivity index (χ0) is 24.6. The van der Waals surface area contributed by atoms with Crippen LogP contribution >= 0.6 is 15.8 Å². The second-order valence-electron chi connectivity index (χ2n) is 12.6. The monoisotopic (exact) mass is 554 g/mol. The quantitative estimate of drug-likeness (QED) is 0.189. The maximum atomic E-state index is 2.57. The van der Waals surface area contributed by atoms with Crippen LogP contribution in [0.4, 0.5) is 0 Å². The van der Waals surface area contributed by atoms with E-state index < -0.39 is 0 Å². The molecule has 2 aromatic carbocycles. The smallest absolute Gasteiger partial charge is 0 e. The molecule has 2 aliphatic carbocycles. The van der Waals surface area contributed by atoms with Gasteiger partial charge in [0.2, 0.25) is 0 Å². The molecule has 0 heterocycles. The number of hydrogen-bond acceptors (Lipinski definition) is 0. The first-order valence-electron chi connectivity index (χ1n) is 14.2. The summed E-state index contributed by atoms with van der Waals surface area (Å²) in [5, 5.41) is 2.73. The van der Waals surface area contributed by atoms with Crippen LogP contribution in [0, 0.1) is 0 Å². The van der Waals surface area contributed by atoms with Gasteiger partial charge in [0, 0.05) is 17.1 Å². The Hall–Kier alpha value is 0.0795. The van der Waals surface area contributed by atoms with Crippen LogP contribution in [-0.2, 0) is 23.5 Å². The van der Waals surface area contributed by atoms with E-state index in [4.69, 9.17) is 0 Å². The van der Waals surface area contributed by atoms with Gasteiger partial charge in [-0.3, -0.25) is 0 Å². The summed E-state index contributed by atoms with van der Waals surface area (Å²) in [4.78, 5) is 0. The Labute approximate surface area is 231 Å². The van der Waals surface area contributed by atoms with Crippen molar-refractivity contribution >= 4 is 21.1 Å². The largest absolute Gasteiger partial charge is 0.748 e. The fraction of sp³-hybridized carbons (Fsp3) is 0.688. The third kappa shape index (κ3) is 9.72. The predicted octanol–water partition coefficient (Wildman–Crippen LogP) is 10.2. The zero-order valence-electron chi connectivity index (χ0n) is 23.5. The van der Waals surface area contributed by atoms with Crippen molar-refractivity contribution in [2.24, 2.45) is 0 Å². The minimum absolute atomic E-state index is 0. The van der Waals surface area contributed by atoms with Crippen LogP contribution in [0.1, 0.15) is 111 Å². The van der Waals surface area contributed by atoms with Gasteiger partial charge in [0.25, 0.3) is 0 Å². The summed E-state index contributed by atoms with van der Waals surface area (Å²) >= 11 is 0. The molecule has 0 nitrogen and oxygen atoms in total. The van der Waals surface area contributed by atoms with E-state index >= 15 is 0 Å². The Morgan fingerprint density at radius 3 is 1.57 bits per heavy atom. The van der Waals surface area contributed by atoms with Gasteiger partial charge in [0.1, 0.15) is 0 Å². The van der Waals surface area contributed by atoms with Crippen molar-refractivity contribution in [2.45, 2.75) is 134 Å². The van der Waals surface area contributed by atoms with Gasteiger partial charge in [-0.25, -0.2) is 12.1 Å². The SMILES string of the molecule is CC(C)(C)P(CC[c-]1cccc1P(C1CCCCC1)C1CCCCC1)C(C)(C)C.[Fe].[cH-]1[cH-][cH-][cH-][cH-]1. The van der Waals surface area contributed by atoms with E-state index in [-0.39, 0.29) is 32.9 Å². The first kappa shape index (κ1) is 31.3. The Bertz CT molecular complexity index is 731. The summed E-state index contributed by atoms with van der Waals surface area (Å²) in [5.74, 6) is 0. The molecule has 2 saturated carbocycles. The molecular weight excluding hydrogens is 502 g/mol. The molecule has 204 valence electrons. The maximum Gasteiger partial charge on any atom is 0 e. The molecule has 0 N–H and O–H groups in total. The van der Waals surface area contributed by atoms with Gasteiger partial charge in [0.15, 0.2) is 0 Å². The average Bonchev–Trinajstić information content (AvgIpc) is 3.50. The van der Waals surface area contributed by atoms with Crippen molar-refractivity contribution < 1.29 is 17.1 Å². The van der Waals surface area contributed by atoms with Gasteiger partial charge in [0.05, 0.1) is 0 Å². The third-order valence-electron chi connectivity index (χ3n) is 7.87. The summed E-state index contributed by atoms with van der Waals surface area (Å²) in [6.07, 6.45) is 17.7. The fourth-order valence-corrected chi connectivity index (χ4v) is 14.4. The molecule has 0 aliphatic heterocycles. The second-order valence-corrected chi connectivity index (χ2v) is 19.4. The topological polar surface area (TPSA) is 0 Å². The third-order valence-corrected chi connectivity index (χ3v) is 15.4. The maximum absolute atomic E-state index is 2.57. The first-order valence-corrected chi connectivity index (χ1v) is 17.2. The predicted molar refractivity (Wildman–Crippen MR) is 159 cm³/mol. The van der Waals surface area contributed by atoms with E-state index in [0.717, 1.165) is 11.3 Å². The summed E-state index contributed by atoms with van der Waals surface area (Å²) < 4.78 is 0. The molecule has 3 heteroatoms. The van der Waals surface area contributed by atoms with Crippen LogP contribution in [0.25, 0.3) is 0 Å². The van der Waals surface area contributed by atoms with Crippen molar-refractivity contribution in [1.29, 1.82) is 0 Å². The molecule has 2 aliphatic rings. The number of aryl methyl sites for hydroxylation is 1. The molecule has 0 amide bonds. The van der Waals surface area contributed by atoms with Crippen LogP contribution in [-0.4, -0.2) is 27.8 Å². The average molecular weight is 555 g/mol. The van der Waals surface area contributed by atoms with Gasteiger partial charge in [-0.15, -0.1) is 10.9 Å². The fourth-order valence-electron chi connectivity index (χ4n) is 6.55.